The number of halogens is 1. The summed E-state index contributed by atoms with van der Waals surface area (Å²) >= 11 is 0. The summed E-state index contributed by atoms with van der Waals surface area (Å²) in [6, 6.07) is 0.262. The molecule has 0 saturated heterocycles. The SMILES string of the molecule is C=C1C(F)=CC=CN1C(C)C. The molecule has 1 nitrogen and oxygen atoms in total. The average Bonchev–Trinajstić information content (AvgIpc) is 1.94. The molecule has 0 atom stereocenters. The Morgan fingerprint density at radius 3 is 2.64 bits per heavy atom. The van der Waals surface area contributed by atoms with Gasteiger partial charge in [0.15, 0.2) is 0 Å². The first-order valence-corrected chi connectivity index (χ1v) is 3.64. The molecule has 60 valence electrons. The molecule has 0 aliphatic carbocycles. The van der Waals surface area contributed by atoms with Gasteiger partial charge in [-0.3, -0.25) is 0 Å². The van der Waals surface area contributed by atoms with Gasteiger partial charge in [0.25, 0.3) is 0 Å². The van der Waals surface area contributed by atoms with Crippen LogP contribution in [0.1, 0.15) is 13.8 Å². The maximum atomic E-state index is 12.9. The lowest BCUT2D eigenvalue weighted by Gasteiger charge is -2.27. The second-order valence-electron chi connectivity index (χ2n) is 2.80. The molecule has 0 amide bonds. The summed E-state index contributed by atoms with van der Waals surface area (Å²) in [6.07, 6.45) is 4.93. The van der Waals surface area contributed by atoms with Crippen LogP contribution in [0.3, 0.4) is 0 Å². The van der Waals surface area contributed by atoms with Gasteiger partial charge in [0.1, 0.15) is 5.83 Å². The molecule has 11 heavy (non-hydrogen) atoms. The van der Waals surface area contributed by atoms with E-state index in [1.165, 1.54) is 6.08 Å². The highest BCUT2D eigenvalue weighted by Gasteiger charge is 2.14. The van der Waals surface area contributed by atoms with E-state index in [1.54, 1.807) is 11.0 Å². The van der Waals surface area contributed by atoms with Crippen LogP contribution in [-0.4, -0.2) is 10.9 Å². The Morgan fingerprint density at radius 2 is 2.18 bits per heavy atom. The molecule has 0 aromatic rings. The van der Waals surface area contributed by atoms with E-state index < -0.39 is 0 Å². The second-order valence-corrected chi connectivity index (χ2v) is 2.80. The summed E-state index contributed by atoms with van der Waals surface area (Å²) < 4.78 is 12.9. The van der Waals surface area contributed by atoms with Crippen molar-refractivity contribution in [1.82, 2.24) is 4.90 Å². The molecule has 0 N–H and O–H groups in total. The van der Waals surface area contributed by atoms with E-state index >= 15 is 0 Å². The quantitative estimate of drug-likeness (QED) is 0.559. The van der Waals surface area contributed by atoms with Crippen molar-refractivity contribution in [1.29, 1.82) is 0 Å². The topological polar surface area (TPSA) is 3.24 Å². The fourth-order valence-corrected chi connectivity index (χ4v) is 1.01. The van der Waals surface area contributed by atoms with Gasteiger partial charge in [-0.2, -0.15) is 0 Å². The van der Waals surface area contributed by atoms with E-state index in [-0.39, 0.29) is 11.9 Å². The standard InChI is InChI=1S/C9H12FN/c1-7(2)11-6-4-5-9(10)8(11)3/h4-7H,3H2,1-2H3. The summed E-state index contributed by atoms with van der Waals surface area (Å²) in [7, 11) is 0. The Labute approximate surface area is 66.5 Å². The summed E-state index contributed by atoms with van der Waals surface area (Å²) in [5.41, 5.74) is 0.447. The third-order valence-corrected chi connectivity index (χ3v) is 1.63. The molecule has 0 bridgehead atoms. The summed E-state index contributed by atoms with van der Waals surface area (Å²) in [5, 5.41) is 0. The first-order chi connectivity index (χ1) is 5.13. The van der Waals surface area contributed by atoms with Gasteiger partial charge in [0, 0.05) is 12.2 Å². The first kappa shape index (κ1) is 8.05. The van der Waals surface area contributed by atoms with Gasteiger partial charge in [0.2, 0.25) is 0 Å². The molecule has 0 aromatic carbocycles. The number of hydrogen-bond acceptors (Lipinski definition) is 1. The largest absolute Gasteiger partial charge is 0.344 e. The highest BCUT2D eigenvalue weighted by Crippen LogP contribution is 2.21. The van der Waals surface area contributed by atoms with Crippen LogP contribution in [0.15, 0.2) is 36.5 Å². The molecule has 2 heteroatoms. The van der Waals surface area contributed by atoms with Gasteiger partial charge in [-0.05, 0) is 26.0 Å². The molecule has 0 spiro atoms. The van der Waals surface area contributed by atoms with Crippen LogP contribution in [0.4, 0.5) is 4.39 Å². The fraction of sp³-hybridized carbons (Fsp3) is 0.333. The normalized spacial score (nSPS) is 17.6. The van der Waals surface area contributed by atoms with Gasteiger partial charge in [-0.1, -0.05) is 6.58 Å². The van der Waals surface area contributed by atoms with Crippen molar-refractivity contribution in [2.75, 3.05) is 0 Å². The van der Waals surface area contributed by atoms with Gasteiger partial charge in [-0.15, -0.1) is 0 Å². The summed E-state index contributed by atoms with van der Waals surface area (Å²) in [4.78, 5) is 1.80. The molecule has 0 fully saturated rings. The fourth-order valence-electron chi connectivity index (χ4n) is 1.01. The molecule has 1 aliphatic rings. The predicted octanol–water partition coefficient (Wildman–Crippen LogP) is 2.59. The van der Waals surface area contributed by atoms with Crippen molar-refractivity contribution in [2.45, 2.75) is 19.9 Å². The van der Waals surface area contributed by atoms with E-state index in [1.807, 2.05) is 20.0 Å². The van der Waals surface area contributed by atoms with Gasteiger partial charge in [-0.25, -0.2) is 4.39 Å². The van der Waals surface area contributed by atoms with Crippen LogP contribution < -0.4 is 0 Å². The lowest BCUT2D eigenvalue weighted by Crippen LogP contribution is -2.25. The number of nitrogens with zero attached hydrogens (tertiary/aromatic N) is 1. The van der Waals surface area contributed by atoms with Crippen molar-refractivity contribution in [3.63, 3.8) is 0 Å². The first-order valence-electron chi connectivity index (χ1n) is 3.64. The Balaban J connectivity index is 2.82. The molecule has 0 unspecified atom stereocenters. The van der Waals surface area contributed by atoms with Crippen molar-refractivity contribution in [2.24, 2.45) is 0 Å². The van der Waals surface area contributed by atoms with Crippen LogP contribution in [0.25, 0.3) is 0 Å². The zero-order valence-electron chi connectivity index (χ0n) is 6.84. The maximum absolute atomic E-state index is 12.9. The van der Waals surface area contributed by atoms with E-state index in [0.717, 1.165) is 0 Å². The van der Waals surface area contributed by atoms with E-state index in [2.05, 4.69) is 6.58 Å². The smallest absolute Gasteiger partial charge is 0.146 e. The van der Waals surface area contributed by atoms with E-state index in [4.69, 9.17) is 0 Å². The molecular formula is C9H12FN. The lowest BCUT2D eigenvalue weighted by molar-refractivity contribution is 0.369. The molecule has 1 heterocycles. The van der Waals surface area contributed by atoms with Crippen molar-refractivity contribution >= 4 is 0 Å². The molecular weight excluding hydrogens is 141 g/mol. The maximum Gasteiger partial charge on any atom is 0.146 e. The van der Waals surface area contributed by atoms with Crippen molar-refractivity contribution in [3.05, 3.63) is 36.5 Å². The monoisotopic (exact) mass is 153 g/mol. The lowest BCUT2D eigenvalue weighted by atomic mass is 10.2. The van der Waals surface area contributed by atoms with Crippen LogP contribution >= 0.6 is 0 Å². The van der Waals surface area contributed by atoms with Gasteiger partial charge in [0.05, 0.1) is 5.70 Å². The minimum absolute atomic E-state index is 0.249. The number of rotatable bonds is 1. The molecule has 1 aliphatic heterocycles. The zero-order valence-corrected chi connectivity index (χ0v) is 6.84. The van der Waals surface area contributed by atoms with Gasteiger partial charge < -0.3 is 4.90 Å². The van der Waals surface area contributed by atoms with Crippen LogP contribution in [0, 0.1) is 0 Å². The van der Waals surface area contributed by atoms with Crippen LogP contribution in [-0.2, 0) is 0 Å². The molecule has 0 aromatic heterocycles. The van der Waals surface area contributed by atoms with Crippen LogP contribution in [0.5, 0.6) is 0 Å². The van der Waals surface area contributed by atoms with Gasteiger partial charge >= 0.3 is 0 Å². The van der Waals surface area contributed by atoms with Crippen LogP contribution in [0.2, 0.25) is 0 Å². The Kier molecular flexibility index (Phi) is 2.13. The second kappa shape index (κ2) is 2.91. The Bertz CT molecular complexity index is 226. The molecule has 0 radical (unpaired) electrons. The summed E-state index contributed by atoms with van der Waals surface area (Å²) in [5.74, 6) is -0.249. The highest BCUT2D eigenvalue weighted by molar-refractivity contribution is 5.31. The van der Waals surface area contributed by atoms with Crippen molar-refractivity contribution < 1.29 is 4.39 Å². The zero-order chi connectivity index (χ0) is 8.43. The Hall–Kier alpha value is -1.05. The predicted molar refractivity (Wildman–Crippen MR) is 44.4 cm³/mol. The Morgan fingerprint density at radius 1 is 1.55 bits per heavy atom. The average molecular weight is 153 g/mol. The molecule has 1 rings (SSSR count). The minimum atomic E-state index is -0.249. The number of allylic oxidation sites excluding steroid dienone is 3. The van der Waals surface area contributed by atoms with E-state index in [9.17, 15) is 4.39 Å². The van der Waals surface area contributed by atoms with Crippen molar-refractivity contribution in [3.8, 4) is 0 Å². The van der Waals surface area contributed by atoms with E-state index in [0.29, 0.717) is 5.70 Å². The highest BCUT2D eigenvalue weighted by atomic mass is 19.1. The summed E-state index contributed by atoms with van der Waals surface area (Å²) in [6.45, 7) is 7.62. The third-order valence-electron chi connectivity index (χ3n) is 1.63. The number of hydrogen-bond donors (Lipinski definition) is 0. The third kappa shape index (κ3) is 1.50. The minimum Gasteiger partial charge on any atom is -0.344 e. The molecule has 0 saturated carbocycles.